The number of carbonyl (C=O) groups excluding carboxylic acids is 2. The van der Waals surface area contributed by atoms with Crippen molar-refractivity contribution in [3.63, 3.8) is 0 Å². The number of sulfonamides is 1. The van der Waals surface area contributed by atoms with Crippen LogP contribution in [0.2, 0.25) is 0 Å². The number of carbonyl (C=O) groups is 2. The molecule has 0 bridgehead atoms. The van der Waals surface area contributed by atoms with Crippen molar-refractivity contribution in [1.29, 1.82) is 0 Å². The highest BCUT2D eigenvalue weighted by molar-refractivity contribution is 7.89. The molecule has 2 aromatic rings. The lowest BCUT2D eigenvalue weighted by molar-refractivity contribution is -0.116. The third-order valence-corrected chi connectivity index (χ3v) is 12.0. The summed E-state index contributed by atoms with van der Waals surface area (Å²) in [6.45, 7) is 6.56. The summed E-state index contributed by atoms with van der Waals surface area (Å²) in [5.41, 5.74) is 1.34. The van der Waals surface area contributed by atoms with Gasteiger partial charge in [0.2, 0.25) is 15.9 Å². The van der Waals surface area contributed by atoms with E-state index in [1.165, 1.54) is 16.4 Å². The number of alkyl carbamates (subject to hydrolysis) is 1. The van der Waals surface area contributed by atoms with Crippen LogP contribution in [0.3, 0.4) is 0 Å². The molecular formula is C49H67N3O8S. The van der Waals surface area contributed by atoms with Gasteiger partial charge in [0.05, 0.1) is 36.2 Å². The number of rotatable bonds is 26. The maximum Gasteiger partial charge on any atom is 0.407 e. The number of ether oxygens (including phenoxy) is 3. The topological polar surface area (TPSA) is 144 Å². The molecule has 2 saturated heterocycles. The fourth-order valence-corrected chi connectivity index (χ4v) is 8.59. The predicted octanol–water partition coefficient (Wildman–Crippen LogP) is 9.21. The Morgan fingerprint density at radius 2 is 1.41 bits per heavy atom. The molecule has 0 spiro atoms. The third kappa shape index (κ3) is 18.1. The molecule has 332 valence electrons. The van der Waals surface area contributed by atoms with Crippen LogP contribution < -0.4 is 10.6 Å². The minimum absolute atomic E-state index is 0.0258. The number of fused-ring (bicyclic) bond motifs is 1. The predicted molar refractivity (Wildman–Crippen MR) is 243 cm³/mol. The Labute approximate surface area is 364 Å². The molecule has 2 aromatic carbocycles. The standard InChI is InChI=1S/C49H67N3O8S/c1-4-5-6-7-8-9-10-11-12-13-14-15-16-17-18-19-20-21-25-28-47(54)50-41-29-31-42(32-30-41)61(56,57)52(36-39(2)3)37-45(53)44(35-40-26-23-22-24-27-40)51-49(55)60-46-38-59-48-43(46)33-34-58-48/h5-6,8-9,11-12,14-15,17-18,20-24,26-27,29-32,39,43-46,48,53H,4,7,10,13,16,19,25,28,33-38H2,1-3H3,(H,50,54)(H,51,55). The van der Waals surface area contributed by atoms with Crippen LogP contribution >= 0.6 is 0 Å². The highest BCUT2D eigenvalue weighted by Gasteiger charge is 2.44. The highest BCUT2D eigenvalue weighted by Crippen LogP contribution is 2.33. The number of aliphatic hydroxyl groups is 1. The average molecular weight is 858 g/mol. The zero-order valence-corrected chi connectivity index (χ0v) is 37.0. The molecule has 5 unspecified atom stereocenters. The van der Waals surface area contributed by atoms with E-state index < -0.39 is 34.4 Å². The molecule has 0 saturated carbocycles. The van der Waals surface area contributed by atoms with E-state index in [4.69, 9.17) is 14.2 Å². The molecule has 3 N–H and O–H groups in total. The van der Waals surface area contributed by atoms with Crippen LogP contribution in [0.4, 0.5) is 10.5 Å². The summed E-state index contributed by atoms with van der Waals surface area (Å²) in [6, 6.07) is 14.5. The number of hydrogen-bond donors (Lipinski definition) is 3. The van der Waals surface area contributed by atoms with E-state index in [2.05, 4.69) is 78.3 Å². The van der Waals surface area contributed by atoms with Crippen molar-refractivity contribution in [1.82, 2.24) is 9.62 Å². The van der Waals surface area contributed by atoms with Crippen LogP contribution in [-0.4, -0.2) is 80.7 Å². The molecule has 0 aliphatic carbocycles. The fourth-order valence-electron chi connectivity index (χ4n) is 6.97. The van der Waals surface area contributed by atoms with Crippen molar-refractivity contribution in [2.45, 2.75) is 114 Å². The summed E-state index contributed by atoms with van der Waals surface area (Å²) in [7, 11) is -4.08. The van der Waals surface area contributed by atoms with Crippen molar-refractivity contribution < 1.29 is 37.3 Å². The van der Waals surface area contributed by atoms with Crippen LogP contribution in [0.1, 0.15) is 84.1 Å². The molecule has 4 rings (SSSR count). The van der Waals surface area contributed by atoms with Gasteiger partial charge in [-0.1, -0.05) is 124 Å². The maximum atomic E-state index is 14.0. The number of amides is 2. The molecule has 2 aliphatic rings. The van der Waals surface area contributed by atoms with E-state index in [1.54, 1.807) is 12.1 Å². The zero-order chi connectivity index (χ0) is 43.7. The summed E-state index contributed by atoms with van der Waals surface area (Å²) >= 11 is 0. The second-order valence-corrected chi connectivity index (χ2v) is 17.7. The highest BCUT2D eigenvalue weighted by atomic mass is 32.2. The Balaban J connectivity index is 1.22. The smallest absolute Gasteiger partial charge is 0.407 e. The van der Waals surface area contributed by atoms with Crippen LogP contribution in [0, 0.1) is 11.8 Å². The summed E-state index contributed by atoms with van der Waals surface area (Å²) in [5, 5.41) is 17.3. The van der Waals surface area contributed by atoms with Gasteiger partial charge in [0, 0.05) is 25.2 Å². The Morgan fingerprint density at radius 1 is 0.820 bits per heavy atom. The van der Waals surface area contributed by atoms with Crippen LogP contribution in [0.15, 0.2) is 132 Å². The first kappa shape index (κ1) is 49.1. The lowest BCUT2D eigenvalue weighted by atomic mass is 10.0. The quantitative estimate of drug-likeness (QED) is 0.0796. The first-order valence-corrected chi connectivity index (χ1v) is 23.2. The largest absolute Gasteiger partial charge is 0.443 e. The third-order valence-electron chi connectivity index (χ3n) is 10.2. The van der Waals surface area contributed by atoms with Gasteiger partial charge >= 0.3 is 6.09 Å². The lowest BCUT2D eigenvalue weighted by Gasteiger charge is -2.31. The lowest BCUT2D eigenvalue weighted by Crippen LogP contribution is -2.51. The van der Waals surface area contributed by atoms with Crippen molar-refractivity contribution >= 4 is 27.7 Å². The fraction of sp³-hybridized carbons (Fsp3) is 0.469. The molecule has 5 atom stereocenters. The van der Waals surface area contributed by atoms with Gasteiger partial charge in [0.15, 0.2) is 6.29 Å². The summed E-state index contributed by atoms with van der Waals surface area (Å²) in [5.74, 6) is -0.286. The van der Waals surface area contributed by atoms with Gasteiger partial charge in [-0.2, -0.15) is 4.31 Å². The van der Waals surface area contributed by atoms with Gasteiger partial charge in [-0.15, -0.1) is 0 Å². The number of nitrogens with zero attached hydrogens (tertiary/aromatic N) is 1. The summed E-state index contributed by atoms with van der Waals surface area (Å²) < 4.78 is 46.2. The van der Waals surface area contributed by atoms with Gasteiger partial charge in [-0.3, -0.25) is 4.79 Å². The molecule has 61 heavy (non-hydrogen) atoms. The van der Waals surface area contributed by atoms with Crippen LogP contribution in [-0.2, 0) is 35.4 Å². The molecule has 11 nitrogen and oxygen atoms in total. The Morgan fingerprint density at radius 3 is 2.00 bits per heavy atom. The molecule has 12 heteroatoms. The van der Waals surface area contributed by atoms with Gasteiger partial charge in [0.1, 0.15) is 6.10 Å². The Kier molecular flexibility index (Phi) is 22.0. The number of aliphatic hydroxyl groups excluding tert-OH is 1. The Hall–Kier alpha value is -4.59. The van der Waals surface area contributed by atoms with Gasteiger partial charge in [-0.25, -0.2) is 13.2 Å². The second kappa shape index (κ2) is 27.4. The number of anilines is 1. The van der Waals surface area contributed by atoms with Gasteiger partial charge < -0.3 is 30.0 Å². The van der Waals surface area contributed by atoms with Crippen molar-refractivity contribution in [3.8, 4) is 0 Å². The van der Waals surface area contributed by atoms with E-state index in [0.717, 1.165) is 50.5 Å². The number of allylic oxidation sites excluding steroid dienone is 12. The molecule has 2 heterocycles. The molecule has 2 fully saturated rings. The van der Waals surface area contributed by atoms with Crippen molar-refractivity contribution in [3.05, 3.63) is 133 Å². The number of hydrogen-bond acceptors (Lipinski definition) is 8. The van der Waals surface area contributed by atoms with Crippen molar-refractivity contribution in [2.24, 2.45) is 11.8 Å². The number of benzene rings is 2. The molecule has 2 aliphatic heterocycles. The first-order valence-electron chi connectivity index (χ1n) is 21.8. The summed E-state index contributed by atoms with van der Waals surface area (Å²) in [4.78, 5) is 25.9. The van der Waals surface area contributed by atoms with Crippen molar-refractivity contribution in [2.75, 3.05) is 31.6 Å². The molecule has 2 amide bonds. The SMILES string of the molecule is CCC=CCC=CCC=CCC=CCC=CCC=CCCC(=O)Nc1ccc(S(=O)(=O)N(CC(C)C)CC(O)C(Cc2ccccc2)NC(=O)OC2COC3OCCC23)cc1. The average Bonchev–Trinajstić information content (AvgIpc) is 3.87. The maximum absolute atomic E-state index is 14.0. The normalized spacial score (nSPS) is 19.4. The van der Waals surface area contributed by atoms with E-state index in [1.807, 2.05) is 56.3 Å². The number of nitrogens with one attached hydrogen (secondary N) is 2. The van der Waals surface area contributed by atoms with Gasteiger partial charge in [-0.05, 0) is 93.5 Å². The second-order valence-electron chi connectivity index (χ2n) is 15.7. The molecule has 0 radical (unpaired) electrons. The summed E-state index contributed by atoms with van der Waals surface area (Å²) in [6.07, 6.45) is 30.3. The Bertz CT molecular complexity index is 1890. The van der Waals surface area contributed by atoms with Gasteiger partial charge in [0.25, 0.3) is 0 Å². The molecule has 0 aromatic heterocycles. The minimum atomic E-state index is -4.08. The van der Waals surface area contributed by atoms with Crippen LogP contribution in [0.5, 0.6) is 0 Å². The monoisotopic (exact) mass is 857 g/mol. The van der Waals surface area contributed by atoms with E-state index in [-0.39, 0.29) is 61.5 Å². The molecular weight excluding hydrogens is 791 g/mol. The zero-order valence-electron chi connectivity index (χ0n) is 36.1. The van der Waals surface area contributed by atoms with Crippen LogP contribution in [0.25, 0.3) is 0 Å². The minimum Gasteiger partial charge on any atom is -0.443 e. The van der Waals surface area contributed by atoms with E-state index in [9.17, 15) is 23.1 Å². The first-order chi connectivity index (χ1) is 29.6. The van der Waals surface area contributed by atoms with E-state index >= 15 is 0 Å². The van der Waals surface area contributed by atoms with E-state index in [0.29, 0.717) is 18.7 Å².